The lowest BCUT2D eigenvalue weighted by Gasteiger charge is -2.38. The highest BCUT2D eigenvalue weighted by atomic mass is 16.3. The lowest BCUT2D eigenvalue weighted by Crippen LogP contribution is -2.55. The normalized spacial score (nSPS) is 59.2. The van der Waals surface area contributed by atoms with Crippen LogP contribution in [-0.2, 0) is 0 Å². The second kappa shape index (κ2) is 1.80. The second-order valence-corrected chi connectivity index (χ2v) is 4.68. The maximum absolute atomic E-state index is 9.24. The van der Waals surface area contributed by atoms with Gasteiger partial charge in [0, 0.05) is 11.6 Å². The van der Waals surface area contributed by atoms with Gasteiger partial charge >= 0.3 is 0 Å². The Labute approximate surface area is 67.0 Å². The van der Waals surface area contributed by atoms with Gasteiger partial charge in [-0.25, -0.2) is 0 Å². The largest absolute Gasteiger partial charge is 0.394 e. The quantitative estimate of drug-likeness (QED) is 0.575. The molecule has 2 N–H and O–H groups in total. The molecule has 4 rings (SSSR count). The fourth-order valence-corrected chi connectivity index (χ4v) is 3.64. The molecule has 11 heavy (non-hydrogen) atoms. The van der Waals surface area contributed by atoms with Crippen LogP contribution in [0.2, 0.25) is 0 Å². The molecule has 2 unspecified atom stereocenters. The predicted molar refractivity (Wildman–Crippen MR) is 42.2 cm³/mol. The first-order valence-corrected chi connectivity index (χ1v) is 4.70. The molecule has 0 spiro atoms. The van der Waals surface area contributed by atoms with Crippen molar-refractivity contribution in [3.05, 3.63) is 0 Å². The molecule has 2 heterocycles. The molecule has 0 aromatic rings. The van der Waals surface area contributed by atoms with E-state index in [1.807, 2.05) is 0 Å². The number of aliphatic hydroxyl groups excluding tert-OH is 1. The Morgan fingerprint density at radius 3 is 2.36 bits per heavy atom. The van der Waals surface area contributed by atoms with Gasteiger partial charge in [0.15, 0.2) is 0 Å². The van der Waals surface area contributed by atoms with Gasteiger partial charge in [-0.05, 0) is 37.5 Å². The van der Waals surface area contributed by atoms with Gasteiger partial charge in [-0.15, -0.1) is 0 Å². The van der Waals surface area contributed by atoms with Crippen LogP contribution in [0.15, 0.2) is 0 Å². The zero-order chi connectivity index (χ0) is 7.47. The maximum Gasteiger partial charge on any atom is 0.0613 e. The third-order valence-electron chi connectivity index (χ3n) is 3.96. The molecule has 2 aliphatic carbocycles. The van der Waals surface area contributed by atoms with Crippen LogP contribution in [0.1, 0.15) is 25.7 Å². The van der Waals surface area contributed by atoms with Crippen molar-refractivity contribution in [1.82, 2.24) is 5.32 Å². The van der Waals surface area contributed by atoms with Crippen molar-refractivity contribution in [2.24, 2.45) is 11.8 Å². The first kappa shape index (κ1) is 6.44. The molecule has 2 saturated heterocycles. The van der Waals surface area contributed by atoms with Gasteiger partial charge in [-0.2, -0.15) is 0 Å². The van der Waals surface area contributed by atoms with Crippen molar-refractivity contribution in [2.75, 3.05) is 6.61 Å². The first-order valence-electron chi connectivity index (χ1n) is 4.70. The van der Waals surface area contributed by atoms with Gasteiger partial charge in [-0.3, -0.25) is 0 Å². The van der Waals surface area contributed by atoms with Crippen LogP contribution < -0.4 is 5.32 Å². The highest BCUT2D eigenvalue weighted by Gasteiger charge is 2.55. The highest BCUT2D eigenvalue weighted by Crippen LogP contribution is 2.53. The third-order valence-corrected chi connectivity index (χ3v) is 3.96. The number of aliphatic hydroxyl groups is 1. The Kier molecular flexibility index (Phi) is 1.06. The number of hydrogen-bond donors (Lipinski definition) is 2. The van der Waals surface area contributed by atoms with Crippen LogP contribution in [0, 0.1) is 11.8 Å². The highest BCUT2D eigenvalue weighted by molar-refractivity contribution is 5.11. The topological polar surface area (TPSA) is 32.3 Å². The summed E-state index contributed by atoms with van der Waals surface area (Å²) in [6.07, 6.45) is 5.24. The maximum atomic E-state index is 9.24. The summed E-state index contributed by atoms with van der Waals surface area (Å²) in [5.41, 5.74) is 0.163. The first-order chi connectivity index (χ1) is 5.31. The molecule has 2 heteroatoms. The summed E-state index contributed by atoms with van der Waals surface area (Å²) in [6, 6.07) is 0.750. The molecule has 4 fully saturated rings. The summed E-state index contributed by atoms with van der Waals surface area (Å²) < 4.78 is 0. The average molecular weight is 153 g/mol. The van der Waals surface area contributed by atoms with E-state index in [4.69, 9.17) is 0 Å². The van der Waals surface area contributed by atoms with Crippen molar-refractivity contribution in [3.8, 4) is 0 Å². The molecule has 0 aromatic heterocycles. The lowest BCUT2D eigenvalue weighted by atomic mass is 9.87. The molecule has 2 aliphatic heterocycles. The van der Waals surface area contributed by atoms with Crippen LogP contribution in [0.5, 0.6) is 0 Å². The minimum atomic E-state index is 0.163. The van der Waals surface area contributed by atoms with E-state index in [2.05, 4.69) is 5.32 Å². The molecule has 2 nitrogen and oxygen atoms in total. The van der Waals surface area contributed by atoms with Crippen LogP contribution >= 0.6 is 0 Å². The average Bonchev–Trinajstić information content (AvgIpc) is 2.40. The number of piperidine rings is 2. The molecule has 4 aliphatic rings. The molecule has 0 amide bonds. The molecular formula is C9H15NO. The van der Waals surface area contributed by atoms with Crippen molar-refractivity contribution >= 4 is 0 Å². The third kappa shape index (κ3) is 0.695. The van der Waals surface area contributed by atoms with E-state index in [1.54, 1.807) is 0 Å². The number of hydrogen-bond acceptors (Lipinski definition) is 2. The summed E-state index contributed by atoms with van der Waals surface area (Å²) in [7, 11) is 0. The molecular weight excluding hydrogens is 138 g/mol. The van der Waals surface area contributed by atoms with E-state index >= 15 is 0 Å². The molecule has 4 bridgehead atoms. The molecule has 0 aromatic carbocycles. The molecule has 0 radical (unpaired) electrons. The number of nitrogens with one attached hydrogen (secondary N) is 1. The van der Waals surface area contributed by atoms with Crippen molar-refractivity contribution < 1.29 is 5.11 Å². The van der Waals surface area contributed by atoms with Crippen molar-refractivity contribution in [3.63, 3.8) is 0 Å². The Bertz CT molecular complexity index is 172. The Morgan fingerprint density at radius 2 is 1.91 bits per heavy atom. The Balaban J connectivity index is 1.94. The minimum Gasteiger partial charge on any atom is -0.394 e. The summed E-state index contributed by atoms with van der Waals surface area (Å²) in [4.78, 5) is 0. The van der Waals surface area contributed by atoms with Gasteiger partial charge in [0.2, 0.25) is 0 Å². The van der Waals surface area contributed by atoms with E-state index in [9.17, 15) is 5.11 Å². The summed E-state index contributed by atoms with van der Waals surface area (Å²) in [6.45, 7) is 0.358. The zero-order valence-corrected chi connectivity index (χ0v) is 6.71. The van der Waals surface area contributed by atoms with Gasteiger partial charge in [0.25, 0.3) is 0 Å². The van der Waals surface area contributed by atoms with Crippen LogP contribution in [0.4, 0.5) is 0 Å². The standard InChI is InChI=1S/C9H15NO/c11-5-9-3-6-1-8(10-9)2-7(6)4-9/h6-8,10-11H,1-5H2. The SMILES string of the molecule is OCC12CC3CC(CC3C1)N2. The minimum absolute atomic E-state index is 0.163. The number of rotatable bonds is 1. The van der Waals surface area contributed by atoms with E-state index in [0.29, 0.717) is 6.61 Å². The zero-order valence-electron chi connectivity index (χ0n) is 6.71. The van der Waals surface area contributed by atoms with E-state index in [1.165, 1.54) is 25.7 Å². The Morgan fingerprint density at radius 1 is 1.27 bits per heavy atom. The monoisotopic (exact) mass is 153 g/mol. The van der Waals surface area contributed by atoms with Crippen molar-refractivity contribution in [2.45, 2.75) is 37.3 Å². The smallest absolute Gasteiger partial charge is 0.0613 e. The van der Waals surface area contributed by atoms with Gasteiger partial charge in [-0.1, -0.05) is 0 Å². The van der Waals surface area contributed by atoms with Crippen molar-refractivity contribution in [1.29, 1.82) is 0 Å². The van der Waals surface area contributed by atoms with E-state index in [-0.39, 0.29) is 5.54 Å². The van der Waals surface area contributed by atoms with Gasteiger partial charge in [0.1, 0.15) is 0 Å². The van der Waals surface area contributed by atoms with E-state index < -0.39 is 0 Å². The van der Waals surface area contributed by atoms with Gasteiger partial charge in [0.05, 0.1) is 6.61 Å². The van der Waals surface area contributed by atoms with Crippen LogP contribution in [0.25, 0.3) is 0 Å². The lowest BCUT2D eigenvalue weighted by molar-refractivity contribution is 0.115. The molecule has 2 atom stereocenters. The van der Waals surface area contributed by atoms with Crippen LogP contribution in [0.3, 0.4) is 0 Å². The fourth-order valence-electron chi connectivity index (χ4n) is 3.64. The Hall–Kier alpha value is -0.0800. The van der Waals surface area contributed by atoms with Gasteiger partial charge < -0.3 is 10.4 Å². The van der Waals surface area contributed by atoms with Crippen LogP contribution in [-0.4, -0.2) is 23.3 Å². The fraction of sp³-hybridized carbons (Fsp3) is 1.00. The predicted octanol–water partition coefficient (Wildman–Crippen LogP) is 0.509. The summed E-state index contributed by atoms with van der Waals surface area (Å²) >= 11 is 0. The summed E-state index contributed by atoms with van der Waals surface area (Å²) in [5, 5.41) is 12.8. The summed E-state index contributed by atoms with van der Waals surface area (Å²) in [5.74, 6) is 1.90. The van der Waals surface area contributed by atoms with E-state index in [0.717, 1.165) is 17.9 Å². The molecule has 2 saturated carbocycles. The molecule has 62 valence electrons. The second-order valence-electron chi connectivity index (χ2n) is 4.68.